The number of carbonyl (C=O) groups is 1. The summed E-state index contributed by atoms with van der Waals surface area (Å²) in [6.45, 7) is 2.42. The fourth-order valence-electron chi connectivity index (χ4n) is 3.92. The first kappa shape index (κ1) is 21.3. The van der Waals surface area contributed by atoms with E-state index in [1.54, 1.807) is 22.6 Å². The number of nitrogens with zero attached hydrogens (tertiary/aromatic N) is 4. The molecule has 0 fully saturated rings. The maximum Gasteiger partial charge on any atom is 0.265 e. The zero-order chi connectivity index (χ0) is 22.9. The van der Waals surface area contributed by atoms with Crippen LogP contribution < -0.4 is 15.6 Å². The molecule has 1 aliphatic rings. The smallest absolute Gasteiger partial charge is 0.265 e. The lowest BCUT2D eigenvalue weighted by atomic mass is 10.2. The van der Waals surface area contributed by atoms with Gasteiger partial charge in [-0.3, -0.25) is 14.2 Å². The van der Waals surface area contributed by atoms with Gasteiger partial charge in [-0.25, -0.2) is 9.67 Å². The van der Waals surface area contributed by atoms with Gasteiger partial charge in [0.15, 0.2) is 10.8 Å². The van der Waals surface area contributed by atoms with E-state index in [0.717, 1.165) is 22.6 Å². The van der Waals surface area contributed by atoms with Crippen LogP contribution in [-0.2, 0) is 11.3 Å². The summed E-state index contributed by atoms with van der Waals surface area (Å²) in [5, 5.41) is 8.41. The third kappa shape index (κ3) is 4.11. The molecule has 1 amide bonds. The fourth-order valence-corrected chi connectivity index (χ4v) is 5.06. The van der Waals surface area contributed by atoms with Gasteiger partial charge in [-0.2, -0.15) is 5.10 Å². The molecule has 2 aromatic carbocycles. The summed E-state index contributed by atoms with van der Waals surface area (Å²) in [5.41, 5.74) is 3.32. The van der Waals surface area contributed by atoms with E-state index in [0.29, 0.717) is 28.5 Å². The largest absolute Gasteiger partial charge is 0.497 e. The monoisotopic (exact) mass is 461 g/mol. The number of ether oxygens (including phenoxy) is 1. The first-order valence-electron chi connectivity index (χ1n) is 10.6. The molecule has 1 N–H and O–H groups in total. The molecule has 33 heavy (non-hydrogen) atoms. The normalized spacial score (nSPS) is 14.9. The first-order chi connectivity index (χ1) is 16.0. The summed E-state index contributed by atoms with van der Waals surface area (Å²) in [5.74, 6) is 1.26. The lowest BCUT2D eigenvalue weighted by Crippen LogP contribution is -2.30. The Labute approximate surface area is 194 Å². The van der Waals surface area contributed by atoms with Crippen molar-refractivity contribution in [2.45, 2.75) is 31.1 Å². The highest BCUT2D eigenvalue weighted by molar-refractivity contribution is 7.99. The fraction of sp³-hybridized carbons (Fsp3) is 0.250. The molecule has 0 radical (unpaired) electrons. The van der Waals surface area contributed by atoms with Crippen molar-refractivity contribution in [1.82, 2.24) is 24.6 Å². The Morgan fingerprint density at radius 2 is 2.06 bits per heavy atom. The Balaban J connectivity index is 1.36. The average Bonchev–Trinajstić information content (AvgIpc) is 3.43. The number of fused-ring (bicyclic) bond motifs is 2. The van der Waals surface area contributed by atoms with Crippen molar-refractivity contribution < 1.29 is 9.53 Å². The van der Waals surface area contributed by atoms with Gasteiger partial charge >= 0.3 is 0 Å². The predicted octanol–water partition coefficient (Wildman–Crippen LogP) is 3.25. The van der Waals surface area contributed by atoms with Crippen LogP contribution in [0.2, 0.25) is 0 Å². The molecule has 0 spiro atoms. The third-order valence-electron chi connectivity index (χ3n) is 5.69. The van der Waals surface area contributed by atoms with Gasteiger partial charge in [-0.1, -0.05) is 41.6 Å². The summed E-state index contributed by atoms with van der Waals surface area (Å²) in [6.07, 6.45) is 1.77. The van der Waals surface area contributed by atoms with E-state index in [-0.39, 0.29) is 23.9 Å². The lowest BCUT2D eigenvalue weighted by molar-refractivity contribution is -0.121. The molecule has 4 aromatic rings. The summed E-state index contributed by atoms with van der Waals surface area (Å²) < 4.78 is 8.55. The SMILES string of the molecule is COc1cccc(CNC(=O)CC2CSc3nc4c(cnn4-c4ccc(C)cc4)c(=O)n32)c1. The van der Waals surface area contributed by atoms with E-state index in [1.165, 1.54) is 11.8 Å². The Hall–Kier alpha value is -3.59. The number of thioether (sulfide) groups is 1. The topological polar surface area (TPSA) is 91.0 Å². The van der Waals surface area contributed by atoms with E-state index in [9.17, 15) is 9.59 Å². The van der Waals surface area contributed by atoms with Gasteiger partial charge in [0.05, 0.1) is 25.0 Å². The second kappa shape index (κ2) is 8.74. The summed E-state index contributed by atoms with van der Waals surface area (Å²) in [7, 11) is 1.61. The van der Waals surface area contributed by atoms with Crippen molar-refractivity contribution >= 4 is 28.7 Å². The summed E-state index contributed by atoms with van der Waals surface area (Å²) in [4.78, 5) is 30.6. The van der Waals surface area contributed by atoms with Crippen LogP contribution in [-0.4, -0.2) is 38.1 Å². The van der Waals surface area contributed by atoms with Crippen molar-refractivity contribution in [1.29, 1.82) is 0 Å². The molecule has 0 saturated carbocycles. The van der Waals surface area contributed by atoms with Gasteiger partial charge < -0.3 is 10.1 Å². The van der Waals surface area contributed by atoms with Crippen molar-refractivity contribution in [3.05, 3.63) is 76.2 Å². The molecule has 5 rings (SSSR count). The molecule has 8 nitrogen and oxygen atoms in total. The van der Waals surface area contributed by atoms with Gasteiger partial charge in [-0.15, -0.1) is 0 Å². The zero-order valence-corrected chi connectivity index (χ0v) is 19.1. The molecular weight excluding hydrogens is 438 g/mol. The third-order valence-corrected chi connectivity index (χ3v) is 6.79. The minimum Gasteiger partial charge on any atom is -0.497 e. The standard InChI is InChI=1S/C24H23N5O3S/c1-15-6-8-17(9-7-15)29-22-20(13-26-29)23(31)28-18(14-33-24(28)27-22)11-21(30)25-12-16-4-3-5-19(10-16)32-2/h3-10,13,18H,11-12,14H2,1-2H3,(H,25,30). The molecule has 168 valence electrons. The molecule has 3 heterocycles. The molecule has 9 heteroatoms. The zero-order valence-electron chi connectivity index (χ0n) is 18.3. The molecule has 0 saturated heterocycles. The van der Waals surface area contributed by atoms with Crippen molar-refractivity contribution in [2.24, 2.45) is 0 Å². The maximum atomic E-state index is 13.3. The minimum atomic E-state index is -0.248. The number of rotatable bonds is 6. The molecule has 0 bridgehead atoms. The lowest BCUT2D eigenvalue weighted by Gasteiger charge is -2.14. The maximum absolute atomic E-state index is 13.3. The highest BCUT2D eigenvalue weighted by Crippen LogP contribution is 2.33. The minimum absolute atomic E-state index is 0.112. The van der Waals surface area contributed by atoms with Crippen molar-refractivity contribution in [3.63, 3.8) is 0 Å². The average molecular weight is 462 g/mol. The number of carbonyl (C=O) groups excluding carboxylic acids is 1. The molecular formula is C24H23N5O3S. The number of nitrogens with one attached hydrogen (secondary N) is 1. The Morgan fingerprint density at radius 1 is 1.24 bits per heavy atom. The molecule has 1 atom stereocenters. The van der Waals surface area contributed by atoms with Gasteiger partial charge in [-0.05, 0) is 36.8 Å². The van der Waals surface area contributed by atoms with Crippen molar-refractivity contribution in [2.75, 3.05) is 12.9 Å². The van der Waals surface area contributed by atoms with E-state index in [4.69, 9.17) is 9.72 Å². The summed E-state index contributed by atoms with van der Waals surface area (Å²) in [6, 6.07) is 15.2. The van der Waals surface area contributed by atoms with Crippen LogP contribution in [0, 0.1) is 6.92 Å². The van der Waals surface area contributed by atoms with E-state index in [2.05, 4.69) is 10.4 Å². The van der Waals surface area contributed by atoms with Crippen LogP contribution >= 0.6 is 11.8 Å². The van der Waals surface area contributed by atoms with E-state index < -0.39 is 0 Å². The van der Waals surface area contributed by atoms with E-state index in [1.807, 2.05) is 55.5 Å². The Morgan fingerprint density at radius 3 is 2.85 bits per heavy atom. The number of benzene rings is 2. The number of methoxy groups -OCH3 is 1. The van der Waals surface area contributed by atoms with Crippen LogP contribution in [0.4, 0.5) is 0 Å². The number of hydrogen-bond acceptors (Lipinski definition) is 6. The van der Waals surface area contributed by atoms with Crippen LogP contribution in [0.25, 0.3) is 16.7 Å². The molecule has 0 aliphatic carbocycles. The van der Waals surface area contributed by atoms with Crippen LogP contribution in [0.1, 0.15) is 23.6 Å². The number of aromatic nitrogens is 4. The Bertz CT molecular complexity index is 1390. The van der Waals surface area contributed by atoms with Gasteiger partial charge in [0.2, 0.25) is 5.91 Å². The second-order valence-electron chi connectivity index (χ2n) is 8.00. The quantitative estimate of drug-likeness (QED) is 0.443. The first-order valence-corrected chi connectivity index (χ1v) is 11.6. The van der Waals surface area contributed by atoms with Crippen LogP contribution in [0.15, 0.2) is 64.7 Å². The van der Waals surface area contributed by atoms with Crippen molar-refractivity contribution in [3.8, 4) is 11.4 Å². The van der Waals surface area contributed by atoms with Crippen LogP contribution in [0.5, 0.6) is 5.75 Å². The van der Waals surface area contributed by atoms with Gasteiger partial charge in [0.25, 0.3) is 5.56 Å². The number of hydrogen-bond donors (Lipinski definition) is 1. The predicted molar refractivity (Wildman–Crippen MR) is 127 cm³/mol. The number of amides is 1. The Kier molecular flexibility index (Phi) is 5.63. The molecule has 1 aliphatic heterocycles. The van der Waals surface area contributed by atoms with Gasteiger partial charge in [0, 0.05) is 18.7 Å². The second-order valence-corrected chi connectivity index (χ2v) is 8.98. The molecule has 1 unspecified atom stereocenters. The van der Waals surface area contributed by atoms with Crippen LogP contribution in [0.3, 0.4) is 0 Å². The highest BCUT2D eigenvalue weighted by atomic mass is 32.2. The summed E-state index contributed by atoms with van der Waals surface area (Å²) >= 11 is 1.49. The van der Waals surface area contributed by atoms with E-state index >= 15 is 0 Å². The highest BCUT2D eigenvalue weighted by Gasteiger charge is 2.29. The van der Waals surface area contributed by atoms with Gasteiger partial charge in [0.1, 0.15) is 11.1 Å². The molecule has 2 aromatic heterocycles. The number of aryl methyl sites for hydroxylation is 1.